The topological polar surface area (TPSA) is 43.9 Å². The van der Waals surface area contributed by atoms with Crippen molar-refractivity contribution in [1.29, 1.82) is 0 Å². The van der Waals surface area contributed by atoms with Gasteiger partial charge in [-0.2, -0.15) is 0 Å². The first-order valence-electron chi connectivity index (χ1n) is 9.09. The third kappa shape index (κ3) is 5.04. The van der Waals surface area contributed by atoms with Crippen molar-refractivity contribution in [3.8, 4) is 0 Å². The molecule has 6 heteroatoms. The van der Waals surface area contributed by atoms with Crippen LogP contribution in [-0.4, -0.2) is 65.3 Å². The molecule has 2 rings (SSSR count). The smallest absolute Gasteiger partial charge is 0.239 e. The van der Waals surface area contributed by atoms with Crippen LogP contribution in [0, 0.1) is 5.82 Å². The summed E-state index contributed by atoms with van der Waals surface area (Å²) in [6.45, 7) is 7.20. The summed E-state index contributed by atoms with van der Waals surface area (Å²) in [7, 11) is 3.48. The molecule has 1 aromatic carbocycles. The second kappa shape index (κ2) is 8.16. The Morgan fingerprint density at radius 1 is 1.27 bits per heavy atom. The molecule has 1 aliphatic rings. The minimum absolute atomic E-state index is 0.0415. The van der Waals surface area contributed by atoms with Crippen molar-refractivity contribution in [2.45, 2.75) is 51.7 Å². The van der Waals surface area contributed by atoms with Gasteiger partial charge in [-0.25, -0.2) is 4.39 Å². The first kappa shape index (κ1) is 20.4. The highest BCUT2D eigenvalue weighted by Crippen LogP contribution is 2.22. The second-order valence-electron chi connectivity index (χ2n) is 8.14. The van der Waals surface area contributed by atoms with Crippen molar-refractivity contribution in [3.63, 3.8) is 0 Å². The van der Waals surface area contributed by atoms with Crippen LogP contribution in [0.4, 0.5) is 4.39 Å². The van der Waals surface area contributed by atoms with Crippen LogP contribution in [0.25, 0.3) is 0 Å². The Balaban J connectivity index is 2.13. The molecular weight excluding hydrogens is 333 g/mol. The highest BCUT2D eigenvalue weighted by molar-refractivity contribution is 5.84. The van der Waals surface area contributed by atoms with Crippen molar-refractivity contribution in [2.24, 2.45) is 0 Å². The van der Waals surface area contributed by atoms with Gasteiger partial charge >= 0.3 is 0 Å². The number of benzene rings is 1. The molecule has 2 amide bonds. The molecule has 0 N–H and O–H groups in total. The molecule has 26 heavy (non-hydrogen) atoms. The lowest BCUT2D eigenvalue weighted by molar-refractivity contribution is -0.140. The van der Waals surface area contributed by atoms with Crippen LogP contribution in [0.5, 0.6) is 0 Å². The third-order valence-corrected chi connectivity index (χ3v) is 4.77. The number of rotatable bonds is 5. The Bertz CT molecular complexity index is 655. The van der Waals surface area contributed by atoms with Crippen molar-refractivity contribution in [2.75, 3.05) is 27.2 Å². The molecule has 0 aromatic heterocycles. The van der Waals surface area contributed by atoms with Gasteiger partial charge in [0.1, 0.15) is 5.82 Å². The van der Waals surface area contributed by atoms with Crippen molar-refractivity contribution >= 4 is 11.8 Å². The molecule has 0 saturated carbocycles. The Hall–Kier alpha value is -1.95. The van der Waals surface area contributed by atoms with E-state index in [1.54, 1.807) is 30.0 Å². The van der Waals surface area contributed by atoms with E-state index in [4.69, 9.17) is 0 Å². The number of hydrogen-bond donors (Lipinski definition) is 0. The molecule has 1 aromatic rings. The fraction of sp³-hybridized carbons (Fsp3) is 0.600. The summed E-state index contributed by atoms with van der Waals surface area (Å²) in [5.74, 6) is -0.303. The van der Waals surface area contributed by atoms with Gasteiger partial charge in [0.2, 0.25) is 11.8 Å². The summed E-state index contributed by atoms with van der Waals surface area (Å²) in [4.78, 5) is 30.7. The minimum atomic E-state index is -0.399. The van der Waals surface area contributed by atoms with Crippen molar-refractivity contribution in [3.05, 3.63) is 35.6 Å². The fourth-order valence-electron chi connectivity index (χ4n) is 3.37. The van der Waals surface area contributed by atoms with E-state index >= 15 is 0 Å². The van der Waals surface area contributed by atoms with E-state index in [9.17, 15) is 14.0 Å². The average molecular weight is 363 g/mol. The molecule has 144 valence electrons. The zero-order chi connectivity index (χ0) is 19.5. The largest absolute Gasteiger partial charge is 0.347 e. The minimum Gasteiger partial charge on any atom is -0.347 e. The monoisotopic (exact) mass is 363 g/mol. The molecule has 1 fully saturated rings. The van der Waals surface area contributed by atoms with E-state index in [0.717, 1.165) is 24.9 Å². The van der Waals surface area contributed by atoms with E-state index in [-0.39, 0.29) is 30.2 Å². The Morgan fingerprint density at radius 2 is 1.96 bits per heavy atom. The number of halogens is 1. The van der Waals surface area contributed by atoms with E-state index in [1.165, 1.54) is 12.1 Å². The van der Waals surface area contributed by atoms with Gasteiger partial charge in [-0.15, -0.1) is 0 Å². The summed E-state index contributed by atoms with van der Waals surface area (Å²) < 4.78 is 13.5. The van der Waals surface area contributed by atoms with E-state index < -0.39 is 5.54 Å². The predicted molar refractivity (Wildman–Crippen MR) is 100.0 cm³/mol. The van der Waals surface area contributed by atoms with Crippen molar-refractivity contribution in [1.82, 2.24) is 14.7 Å². The van der Waals surface area contributed by atoms with Crippen LogP contribution in [0.15, 0.2) is 24.3 Å². The summed E-state index contributed by atoms with van der Waals surface area (Å²) >= 11 is 0. The number of likely N-dealkylation sites (tertiary alicyclic amines) is 1. The lowest BCUT2D eigenvalue weighted by Crippen LogP contribution is -2.51. The Kier molecular flexibility index (Phi) is 6.39. The number of hydrogen-bond acceptors (Lipinski definition) is 3. The zero-order valence-electron chi connectivity index (χ0n) is 16.5. The van der Waals surface area contributed by atoms with Gasteiger partial charge in [-0.05, 0) is 57.9 Å². The summed E-state index contributed by atoms with van der Waals surface area (Å²) in [6, 6.07) is 6.10. The summed E-state index contributed by atoms with van der Waals surface area (Å²) in [6.07, 6.45) is 1.70. The first-order valence-corrected chi connectivity index (χ1v) is 9.09. The van der Waals surface area contributed by atoms with E-state index in [2.05, 4.69) is 0 Å². The maximum atomic E-state index is 13.5. The van der Waals surface area contributed by atoms with Crippen LogP contribution in [0.2, 0.25) is 0 Å². The quantitative estimate of drug-likeness (QED) is 0.807. The highest BCUT2D eigenvalue weighted by atomic mass is 19.1. The number of carbonyl (C=O) groups excluding carboxylic acids is 2. The Labute approximate surface area is 155 Å². The third-order valence-electron chi connectivity index (χ3n) is 4.77. The molecule has 0 radical (unpaired) electrons. The number of amides is 2. The number of nitrogens with zero attached hydrogens (tertiary/aromatic N) is 3. The lowest BCUT2D eigenvalue weighted by atomic mass is 10.0. The lowest BCUT2D eigenvalue weighted by Gasteiger charge is -2.37. The highest BCUT2D eigenvalue weighted by Gasteiger charge is 2.35. The summed E-state index contributed by atoms with van der Waals surface area (Å²) in [5, 5.41) is 0. The van der Waals surface area contributed by atoms with Gasteiger partial charge < -0.3 is 9.80 Å². The van der Waals surface area contributed by atoms with Crippen LogP contribution < -0.4 is 0 Å². The molecule has 5 nitrogen and oxygen atoms in total. The predicted octanol–water partition coefficient (Wildman–Crippen LogP) is 2.51. The molecule has 1 heterocycles. The van der Waals surface area contributed by atoms with Gasteiger partial charge in [0.05, 0.1) is 12.6 Å². The van der Waals surface area contributed by atoms with Crippen LogP contribution >= 0.6 is 0 Å². The van der Waals surface area contributed by atoms with Crippen LogP contribution in [0.3, 0.4) is 0 Å². The zero-order valence-corrected chi connectivity index (χ0v) is 16.5. The second-order valence-corrected chi connectivity index (χ2v) is 8.14. The molecule has 1 saturated heterocycles. The van der Waals surface area contributed by atoms with E-state index in [0.29, 0.717) is 6.54 Å². The maximum Gasteiger partial charge on any atom is 0.239 e. The maximum absolute atomic E-state index is 13.5. The van der Waals surface area contributed by atoms with E-state index in [1.807, 2.05) is 31.7 Å². The van der Waals surface area contributed by atoms with Gasteiger partial charge in [0, 0.05) is 26.2 Å². The molecule has 1 unspecified atom stereocenters. The SMILES string of the molecule is CN(C)C(=O)C1CCCN1CC(=O)N(Cc1cccc(F)c1)C(C)(C)C. The molecule has 1 atom stereocenters. The van der Waals surface area contributed by atoms with Crippen LogP contribution in [-0.2, 0) is 16.1 Å². The summed E-state index contributed by atoms with van der Waals surface area (Å²) in [5.41, 5.74) is 0.361. The molecular formula is C20H30FN3O2. The average Bonchev–Trinajstić information content (AvgIpc) is 2.98. The molecule has 0 spiro atoms. The molecule has 1 aliphatic heterocycles. The van der Waals surface area contributed by atoms with Gasteiger partial charge in [-0.3, -0.25) is 14.5 Å². The normalized spacial score (nSPS) is 18.0. The molecule has 0 bridgehead atoms. The van der Waals surface area contributed by atoms with Gasteiger partial charge in [0.25, 0.3) is 0 Å². The van der Waals surface area contributed by atoms with Crippen molar-refractivity contribution < 1.29 is 14.0 Å². The standard InChI is InChI=1S/C20H30FN3O2/c1-20(2,3)24(13-15-8-6-9-16(21)12-15)18(25)14-23-11-7-10-17(23)19(26)22(4)5/h6,8-9,12,17H,7,10-11,13-14H2,1-5H3. The first-order chi connectivity index (χ1) is 12.1. The van der Waals surface area contributed by atoms with Crippen LogP contribution in [0.1, 0.15) is 39.2 Å². The number of carbonyl (C=O) groups is 2. The number of likely N-dealkylation sites (N-methyl/N-ethyl adjacent to an activating group) is 1. The molecule has 0 aliphatic carbocycles. The van der Waals surface area contributed by atoms with Gasteiger partial charge in [0.15, 0.2) is 0 Å². The van der Waals surface area contributed by atoms with Gasteiger partial charge in [-0.1, -0.05) is 12.1 Å². The Morgan fingerprint density at radius 3 is 2.54 bits per heavy atom. The fourth-order valence-corrected chi connectivity index (χ4v) is 3.37.